The zero-order valence-corrected chi connectivity index (χ0v) is 21.5. The molecule has 0 spiro atoms. The van der Waals surface area contributed by atoms with Gasteiger partial charge in [0.2, 0.25) is 11.8 Å². The second-order valence-electron chi connectivity index (χ2n) is 10.4. The minimum absolute atomic E-state index is 0.0613. The highest BCUT2D eigenvalue weighted by molar-refractivity contribution is 7.15. The summed E-state index contributed by atoms with van der Waals surface area (Å²) in [7, 11) is 3.11. The summed E-state index contributed by atoms with van der Waals surface area (Å²) in [6.45, 7) is 8.95. The Morgan fingerprint density at radius 2 is 1.85 bits per heavy atom. The van der Waals surface area contributed by atoms with Gasteiger partial charge in [0.15, 0.2) is 0 Å². The fourth-order valence-electron chi connectivity index (χ4n) is 4.50. The smallest absolute Gasteiger partial charge is 0.350 e. The number of piperidine rings is 1. The van der Waals surface area contributed by atoms with Gasteiger partial charge in [0.05, 0.1) is 17.7 Å². The highest BCUT2D eigenvalue weighted by atomic mass is 32.1. The van der Waals surface area contributed by atoms with Gasteiger partial charge in [0.25, 0.3) is 0 Å². The number of thiophene rings is 1. The van der Waals surface area contributed by atoms with E-state index in [-0.39, 0.29) is 23.1 Å². The van der Waals surface area contributed by atoms with E-state index >= 15 is 0 Å². The summed E-state index contributed by atoms with van der Waals surface area (Å²) < 4.78 is 5.05. The van der Waals surface area contributed by atoms with Gasteiger partial charge in [-0.1, -0.05) is 18.8 Å². The molecule has 2 fully saturated rings. The zero-order chi connectivity index (χ0) is 24.3. The number of anilines is 1. The van der Waals surface area contributed by atoms with Crippen LogP contribution in [0.3, 0.4) is 0 Å². The van der Waals surface area contributed by atoms with Crippen molar-refractivity contribution in [2.75, 3.05) is 25.6 Å². The van der Waals surface area contributed by atoms with E-state index < -0.39 is 12.0 Å². The molecular weight excluding hydrogens is 436 g/mol. The summed E-state index contributed by atoms with van der Waals surface area (Å²) in [6, 6.07) is 1.18. The van der Waals surface area contributed by atoms with Gasteiger partial charge in [-0.15, -0.1) is 11.3 Å². The molecule has 1 atom stereocenters. The third kappa shape index (κ3) is 5.97. The molecule has 0 N–H and O–H groups in total. The Morgan fingerprint density at radius 1 is 1.18 bits per heavy atom. The first-order chi connectivity index (χ1) is 15.5. The molecule has 1 saturated heterocycles. The van der Waals surface area contributed by atoms with Crippen molar-refractivity contribution in [2.45, 2.75) is 72.3 Å². The molecule has 180 valence electrons. The number of rotatable bonds is 4. The zero-order valence-electron chi connectivity index (χ0n) is 20.7. The summed E-state index contributed by atoms with van der Waals surface area (Å²) in [5, 5.41) is 0. The Kier molecular flexibility index (Phi) is 7.89. The minimum Gasteiger partial charge on any atom is -0.465 e. The first-order valence-corrected chi connectivity index (χ1v) is 12.7. The van der Waals surface area contributed by atoms with Crippen molar-refractivity contribution in [3.63, 3.8) is 0 Å². The van der Waals surface area contributed by atoms with Gasteiger partial charge in [-0.3, -0.25) is 14.5 Å². The SMILES string of the molecule is COC(=O)c1sc(C#CC(C)(C)C)cc1N(C(=O)C1CCC(C)CC1)C1CCCN(C)C1=O. The van der Waals surface area contributed by atoms with Crippen molar-refractivity contribution in [1.29, 1.82) is 0 Å². The van der Waals surface area contributed by atoms with E-state index in [9.17, 15) is 14.4 Å². The average molecular weight is 473 g/mol. The summed E-state index contributed by atoms with van der Waals surface area (Å²) in [5.41, 5.74) is 0.258. The predicted octanol–water partition coefficient (Wildman–Crippen LogP) is 4.71. The third-order valence-electron chi connectivity index (χ3n) is 6.45. The van der Waals surface area contributed by atoms with Crippen LogP contribution in [0.4, 0.5) is 5.69 Å². The molecule has 6 nitrogen and oxygen atoms in total. The van der Waals surface area contributed by atoms with E-state index in [0.717, 1.165) is 32.1 Å². The largest absolute Gasteiger partial charge is 0.465 e. The molecule has 0 radical (unpaired) electrons. The quantitative estimate of drug-likeness (QED) is 0.470. The molecule has 2 heterocycles. The maximum atomic E-state index is 13.9. The number of carbonyl (C=O) groups is 3. The molecule has 1 aliphatic carbocycles. The van der Waals surface area contributed by atoms with Crippen LogP contribution in [-0.2, 0) is 14.3 Å². The van der Waals surface area contributed by atoms with E-state index in [4.69, 9.17) is 4.74 Å². The standard InChI is InChI=1S/C26H36N2O4S/c1-17-9-11-18(12-10-17)23(29)28(20-8-7-15-27(5)24(20)30)21-16-19(13-14-26(2,3)4)33-22(21)25(31)32-6/h16-18,20H,7-12,15H2,1-6H3. The molecule has 2 aliphatic rings. The fourth-order valence-corrected chi connectivity index (χ4v) is 5.42. The van der Waals surface area contributed by atoms with Gasteiger partial charge in [-0.05, 0) is 71.3 Å². The Bertz CT molecular complexity index is 957. The Labute approximate surface area is 201 Å². The number of esters is 1. The molecule has 1 aliphatic heterocycles. The maximum Gasteiger partial charge on any atom is 0.350 e. The van der Waals surface area contributed by atoms with E-state index in [0.29, 0.717) is 34.3 Å². The van der Waals surface area contributed by atoms with Crippen LogP contribution in [0.1, 0.15) is 80.8 Å². The van der Waals surface area contributed by atoms with Crippen molar-refractivity contribution in [1.82, 2.24) is 4.90 Å². The molecule has 2 amide bonds. The molecule has 1 aromatic rings. The van der Waals surface area contributed by atoms with Gasteiger partial charge >= 0.3 is 5.97 Å². The van der Waals surface area contributed by atoms with Crippen molar-refractivity contribution >= 4 is 34.8 Å². The minimum atomic E-state index is -0.614. The number of nitrogens with zero attached hydrogens (tertiary/aromatic N) is 2. The van der Waals surface area contributed by atoms with Gasteiger partial charge in [0, 0.05) is 24.9 Å². The Morgan fingerprint density at radius 3 is 2.45 bits per heavy atom. The first kappa shape index (κ1) is 25.3. The number of methoxy groups -OCH3 is 1. The van der Waals surface area contributed by atoms with Crippen molar-refractivity contribution < 1.29 is 19.1 Å². The summed E-state index contributed by atoms with van der Waals surface area (Å²) >= 11 is 1.22. The van der Waals surface area contributed by atoms with Crippen molar-refractivity contribution in [3.05, 3.63) is 15.8 Å². The Hall–Kier alpha value is -2.33. The van der Waals surface area contributed by atoms with Gasteiger partial charge in [-0.25, -0.2) is 4.79 Å². The molecule has 0 bridgehead atoms. The highest BCUT2D eigenvalue weighted by Crippen LogP contribution is 2.38. The number of amides is 2. The lowest BCUT2D eigenvalue weighted by Gasteiger charge is -2.39. The summed E-state index contributed by atoms with van der Waals surface area (Å²) in [6.07, 6.45) is 5.00. The van der Waals surface area contributed by atoms with Crippen LogP contribution in [0.2, 0.25) is 0 Å². The lowest BCUT2D eigenvalue weighted by molar-refractivity contribution is -0.136. The number of carbonyl (C=O) groups excluding carboxylic acids is 3. The van der Waals surface area contributed by atoms with E-state index in [1.807, 2.05) is 20.8 Å². The molecule has 1 aromatic heterocycles. The molecule has 1 unspecified atom stereocenters. The molecular formula is C26H36N2O4S. The van der Waals surface area contributed by atoms with Crippen LogP contribution in [0.25, 0.3) is 0 Å². The predicted molar refractivity (Wildman–Crippen MR) is 131 cm³/mol. The van der Waals surface area contributed by atoms with Crippen LogP contribution < -0.4 is 4.90 Å². The van der Waals surface area contributed by atoms with Gasteiger partial charge in [0.1, 0.15) is 10.9 Å². The van der Waals surface area contributed by atoms with Gasteiger partial charge in [-0.2, -0.15) is 0 Å². The van der Waals surface area contributed by atoms with Crippen molar-refractivity contribution in [3.8, 4) is 11.8 Å². The van der Waals surface area contributed by atoms with Crippen molar-refractivity contribution in [2.24, 2.45) is 17.3 Å². The summed E-state index contributed by atoms with van der Waals surface area (Å²) in [5.74, 6) is 6.17. The molecule has 7 heteroatoms. The van der Waals surface area contributed by atoms with Crippen LogP contribution in [0.5, 0.6) is 0 Å². The Balaban J connectivity index is 2.09. The normalized spacial score (nSPS) is 23.5. The number of hydrogen-bond acceptors (Lipinski definition) is 5. The molecule has 3 rings (SSSR count). The van der Waals surface area contributed by atoms with E-state index in [1.165, 1.54) is 18.4 Å². The highest BCUT2D eigenvalue weighted by Gasteiger charge is 2.41. The van der Waals surface area contributed by atoms with Gasteiger partial charge < -0.3 is 9.64 Å². The van der Waals surface area contributed by atoms with E-state index in [2.05, 4.69) is 18.8 Å². The number of likely N-dealkylation sites (tertiary alicyclic amines) is 1. The molecule has 33 heavy (non-hydrogen) atoms. The topological polar surface area (TPSA) is 66.9 Å². The number of likely N-dealkylation sites (N-methyl/N-ethyl adjacent to an activating group) is 1. The lowest BCUT2D eigenvalue weighted by Crippen LogP contribution is -2.55. The second kappa shape index (κ2) is 10.3. The molecule has 0 aromatic carbocycles. The summed E-state index contributed by atoms with van der Waals surface area (Å²) in [4.78, 5) is 44.1. The lowest BCUT2D eigenvalue weighted by atomic mass is 9.82. The number of ether oxygens (including phenoxy) is 1. The number of hydrogen-bond donors (Lipinski definition) is 0. The first-order valence-electron chi connectivity index (χ1n) is 11.8. The fraction of sp³-hybridized carbons (Fsp3) is 0.654. The third-order valence-corrected chi connectivity index (χ3v) is 7.47. The maximum absolute atomic E-state index is 13.9. The second-order valence-corrected chi connectivity index (χ2v) is 11.5. The molecule has 1 saturated carbocycles. The van der Waals surface area contributed by atoms with E-state index in [1.54, 1.807) is 22.9 Å². The van der Waals surface area contributed by atoms with Crippen LogP contribution >= 0.6 is 11.3 Å². The average Bonchev–Trinajstić information content (AvgIpc) is 3.19. The monoisotopic (exact) mass is 472 g/mol. The van der Waals surface area contributed by atoms with Crippen LogP contribution in [0.15, 0.2) is 6.07 Å². The van der Waals surface area contributed by atoms with Crippen LogP contribution in [0, 0.1) is 29.1 Å². The van der Waals surface area contributed by atoms with Crippen LogP contribution in [-0.4, -0.2) is 49.4 Å².